The molecule has 2 aromatic carbocycles. The monoisotopic (exact) mass is 362 g/mol. The maximum absolute atomic E-state index is 13.2. The van der Waals surface area contributed by atoms with Crippen molar-refractivity contribution in [2.24, 2.45) is 0 Å². The molecule has 6 heteroatoms. The fraction of sp³-hybridized carbons (Fsp3) is 0.200. The van der Waals surface area contributed by atoms with Gasteiger partial charge in [-0.2, -0.15) is 13.2 Å². The van der Waals surface area contributed by atoms with Gasteiger partial charge in [-0.3, -0.25) is 0 Å². The number of alkyl halides is 3. The number of aliphatic hydroxyl groups is 1. The number of halogens is 5. The number of hydrogen-bond donors (Lipinski definition) is 1. The lowest BCUT2D eigenvalue weighted by Gasteiger charge is -2.15. The number of benzene rings is 2. The largest absolute Gasteiger partial charge is 0.419 e. The second kappa shape index (κ2) is 5.77. The summed E-state index contributed by atoms with van der Waals surface area (Å²) in [6.07, 6.45) is -6.06. The topological polar surface area (TPSA) is 20.2 Å². The molecule has 0 heterocycles. The summed E-state index contributed by atoms with van der Waals surface area (Å²) in [7, 11) is 0. The van der Waals surface area contributed by atoms with Gasteiger partial charge in [0, 0.05) is 4.47 Å². The molecule has 0 fully saturated rings. The van der Waals surface area contributed by atoms with Crippen molar-refractivity contribution in [1.29, 1.82) is 0 Å². The van der Waals surface area contributed by atoms with Gasteiger partial charge in [-0.05, 0) is 41.8 Å². The molecule has 112 valence electrons. The number of hydrogen-bond acceptors (Lipinski definition) is 1. The molecule has 0 spiro atoms. The van der Waals surface area contributed by atoms with E-state index in [9.17, 15) is 22.7 Å². The number of aryl methyl sites for hydroxylation is 1. The van der Waals surface area contributed by atoms with E-state index in [1.54, 1.807) is 18.2 Å². The molecule has 0 saturated heterocycles. The minimum Gasteiger partial charge on any atom is -0.384 e. The molecule has 1 unspecified atom stereocenters. The van der Waals surface area contributed by atoms with Crippen molar-refractivity contribution >= 4 is 15.9 Å². The van der Waals surface area contributed by atoms with Crippen molar-refractivity contribution in [2.75, 3.05) is 0 Å². The molecule has 0 amide bonds. The summed E-state index contributed by atoms with van der Waals surface area (Å²) in [6, 6.07) is 7.45. The highest BCUT2D eigenvalue weighted by Gasteiger charge is 2.34. The molecule has 2 rings (SSSR count). The van der Waals surface area contributed by atoms with Gasteiger partial charge >= 0.3 is 6.18 Å². The lowest BCUT2D eigenvalue weighted by atomic mass is 9.98. The van der Waals surface area contributed by atoms with E-state index in [4.69, 9.17) is 0 Å². The van der Waals surface area contributed by atoms with Gasteiger partial charge in [0.25, 0.3) is 0 Å². The molecule has 0 aliphatic rings. The molecule has 2 aromatic rings. The molecule has 0 radical (unpaired) electrons. The first-order chi connectivity index (χ1) is 9.70. The van der Waals surface area contributed by atoms with Crippen LogP contribution in [0.4, 0.5) is 17.6 Å². The first kappa shape index (κ1) is 16.0. The Morgan fingerprint density at radius 2 is 1.62 bits per heavy atom. The minimum atomic E-state index is -4.80. The summed E-state index contributed by atoms with van der Waals surface area (Å²) in [4.78, 5) is 0. The van der Waals surface area contributed by atoms with Crippen LogP contribution < -0.4 is 0 Å². The van der Waals surface area contributed by atoms with Crippen LogP contribution in [-0.2, 0) is 6.18 Å². The Bertz CT molecular complexity index is 667. The van der Waals surface area contributed by atoms with Gasteiger partial charge in [-0.25, -0.2) is 4.39 Å². The molecule has 0 aromatic heterocycles. The lowest BCUT2D eigenvalue weighted by Crippen LogP contribution is -2.10. The summed E-state index contributed by atoms with van der Waals surface area (Å²) in [5, 5.41) is 10.2. The SMILES string of the molecule is Cc1ccc(C(O)c2ccc(F)c(C(F)(F)F)c2)cc1Br. The van der Waals surface area contributed by atoms with E-state index in [1.807, 2.05) is 6.92 Å². The van der Waals surface area contributed by atoms with Crippen molar-refractivity contribution in [1.82, 2.24) is 0 Å². The Kier molecular flexibility index (Phi) is 4.39. The Morgan fingerprint density at radius 3 is 2.19 bits per heavy atom. The normalized spacial score (nSPS) is 13.3. The zero-order chi connectivity index (χ0) is 15.8. The Morgan fingerprint density at radius 1 is 1.05 bits per heavy atom. The molecular weight excluding hydrogens is 352 g/mol. The molecule has 1 atom stereocenters. The zero-order valence-electron chi connectivity index (χ0n) is 10.9. The van der Waals surface area contributed by atoms with E-state index in [0.29, 0.717) is 17.7 Å². The number of aliphatic hydroxyl groups excluding tert-OH is 1. The third-order valence-electron chi connectivity index (χ3n) is 3.12. The summed E-state index contributed by atoms with van der Waals surface area (Å²) < 4.78 is 52.0. The van der Waals surface area contributed by atoms with Gasteiger partial charge in [0.15, 0.2) is 0 Å². The van der Waals surface area contributed by atoms with Crippen LogP contribution in [0.5, 0.6) is 0 Å². The molecule has 0 bridgehead atoms. The maximum Gasteiger partial charge on any atom is 0.419 e. The molecule has 0 aliphatic carbocycles. The highest BCUT2D eigenvalue weighted by molar-refractivity contribution is 9.10. The van der Waals surface area contributed by atoms with Gasteiger partial charge in [-0.1, -0.05) is 34.1 Å². The highest BCUT2D eigenvalue weighted by Crippen LogP contribution is 2.34. The van der Waals surface area contributed by atoms with Crippen molar-refractivity contribution in [3.05, 3.63) is 68.9 Å². The van der Waals surface area contributed by atoms with Crippen LogP contribution in [-0.4, -0.2) is 5.11 Å². The van der Waals surface area contributed by atoms with E-state index >= 15 is 0 Å². The first-order valence-electron chi connectivity index (χ1n) is 6.01. The Labute approximate surface area is 127 Å². The van der Waals surface area contributed by atoms with E-state index in [-0.39, 0.29) is 5.56 Å². The second-order valence-corrected chi connectivity index (χ2v) is 5.50. The molecular formula is C15H11BrF4O. The van der Waals surface area contributed by atoms with Crippen molar-refractivity contribution < 1.29 is 22.7 Å². The average Bonchev–Trinajstić information content (AvgIpc) is 2.40. The zero-order valence-corrected chi connectivity index (χ0v) is 12.5. The van der Waals surface area contributed by atoms with E-state index < -0.39 is 23.7 Å². The molecule has 21 heavy (non-hydrogen) atoms. The molecule has 0 aliphatic heterocycles. The van der Waals surface area contributed by atoms with Crippen LogP contribution in [0.15, 0.2) is 40.9 Å². The maximum atomic E-state index is 13.2. The first-order valence-corrected chi connectivity index (χ1v) is 6.80. The highest BCUT2D eigenvalue weighted by atomic mass is 79.9. The van der Waals surface area contributed by atoms with Gasteiger partial charge in [0.2, 0.25) is 0 Å². The van der Waals surface area contributed by atoms with Gasteiger partial charge in [0.05, 0.1) is 5.56 Å². The van der Waals surface area contributed by atoms with E-state index in [1.165, 1.54) is 0 Å². The minimum absolute atomic E-state index is 0.0144. The quantitative estimate of drug-likeness (QED) is 0.745. The third-order valence-corrected chi connectivity index (χ3v) is 3.98. The van der Waals surface area contributed by atoms with E-state index in [0.717, 1.165) is 16.1 Å². The molecule has 1 nitrogen and oxygen atoms in total. The fourth-order valence-electron chi connectivity index (χ4n) is 1.90. The standard InChI is InChI=1S/C15H11BrF4O/c1-8-2-3-10(7-12(8)16)14(21)9-4-5-13(17)11(6-9)15(18,19)20/h2-7,14,21H,1H3. The lowest BCUT2D eigenvalue weighted by molar-refractivity contribution is -0.140. The van der Waals surface area contributed by atoms with Crippen molar-refractivity contribution in [3.63, 3.8) is 0 Å². The van der Waals surface area contributed by atoms with Crippen LogP contribution >= 0.6 is 15.9 Å². The van der Waals surface area contributed by atoms with Crippen molar-refractivity contribution in [3.8, 4) is 0 Å². The summed E-state index contributed by atoms with van der Waals surface area (Å²) in [6.45, 7) is 1.85. The van der Waals surface area contributed by atoms with Gasteiger partial charge < -0.3 is 5.11 Å². The van der Waals surface area contributed by atoms with Crippen LogP contribution in [0.1, 0.15) is 28.4 Å². The second-order valence-electron chi connectivity index (χ2n) is 4.65. The molecule has 1 N–H and O–H groups in total. The number of rotatable bonds is 2. The smallest absolute Gasteiger partial charge is 0.384 e. The van der Waals surface area contributed by atoms with Gasteiger partial charge in [0.1, 0.15) is 11.9 Å². The van der Waals surface area contributed by atoms with Crippen LogP contribution in [0.3, 0.4) is 0 Å². The predicted octanol–water partition coefficient (Wildman–Crippen LogP) is 5.00. The summed E-state index contributed by atoms with van der Waals surface area (Å²) in [5.74, 6) is -1.36. The fourth-order valence-corrected chi connectivity index (χ4v) is 2.30. The predicted molar refractivity (Wildman–Crippen MR) is 74.3 cm³/mol. The summed E-state index contributed by atoms with van der Waals surface area (Å²) in [5.41, 5.74) is -0.0436. The molecule has 0 saturated carbocycles. The van der Waals surface area contributed by atoms with E-state index in [2.05, 4.69) is 15.9 Å². The van der Waals surface area contributed by atoms with Gasteiger partial charge in [-0.15, -0.1) is 0 Å². The summed E-state index contributed by atoms with van der Waals surface area (Å²) >= 11 is 3.29. The van der Waals surface area contributed by atoms with Crippen LogP contribution in [0.25, 0.3) is 0 Å². The average molecular weight is 363 g/mol. The van der Waals surface area contributed by atoms with Crippen molar-refractivity contribution in [2.45, 2.75) is 19.2 Å². The third kappa shape index (κ3) is 3.44. The van der Waals surface area contributed by atoms with Crippen LogP contribution in [0, 0.1) is 12.7 Å². The Hall–Kier alpha value is -1.40. The van der Waals surface area contributed by atoms with Crippen LogP contribution in [0.2, 0.25) is 0 Å². The Balaban J connectivity index is 2.44.